The minimum Gasteiger partial charge on any atom is -0.466 e. The third-order valence-corrected chi connectivity index (χ3v) is 3.51. The van der Waals surface area contributed by atoms with E-state index < -0.39 is 36.4 Å². The molecule has 0 heterocycles. The van der Waals surface area contributed by atoms with Crippen LogP contribution in [0.25, 0.3) is 0 Å². The Morgan fingerprint density at radius 1 is 0.731 bits per heavy atom. The van der Waals surface area contributed by atoms with Crippen LogP contribution < -0.4 is 0 Å². The Bertz CT molecular complexity index is 388. The van der Waals surface area contributed by atoms with Crippen LogP contribution in [0.3, 0.4) is 0 Å². The van der Waals surface area contributed by atoms with E-state index in [1.54, 1.807) is 0 Å². The molecule has 0 aromatic heterocycles. The first-order chi connectivity index (χ1) is 11.9. The molecule has 0 spiro atoms. The average Bonchev–Trinajstić information content (AvgIpc) is 2.55. The molecule has 0 aliphatic rings. The molecule has 0 saturated heterocycles. The summed E-state index contributed by atoms with van der Waals surface area (Å²) in [7, 11) is 0. The van der Waals surface area contributed by atoms with E-state index >= 15 is 0 Å². The predicted octanol–water partition coefficient (Wildman–Crippen LogP) is 2.15. The van der Waals surface area contributed by atoms with E-state index in [-0.39, 0.29) is 39.6 Å². The van der Waals surface area contributed by atoms with Crippen LogP contribution in [0.4, 0.5) is 0 Å². The molecule has 8 heteroatoms. The molecule has 0 amide bonds. The summed E-state index contributed by atoms with van der Waals surface area (Å²) in [6, 6.07) is 0. The quantitative estimate of drug-likeness (QED) is 0.195. The fourth-order valence-corrected chi connectivity index (χ4v) is 1.89. The van der Waals surface area contributed by atoms with Gasteiger partial charge in [0, 0.05) is 0 Å². The monoisotopic (exact) mass is 429 g/mol. The van der Waals surface area contributed by atoms with Gasteiger partial charge in [-0.2, -0.15) is 0 Å². The van der Waals surface area contributed by atoms with Crippen molar-refractivity contribution in [3.63, 3.8) is 0 Å². The zero-order chi connectivity index (χ0) is 19.1. The number of esters is 3. The number of hydrogen-bond donors (Lipinski definition) is 1. The van der Waals surface area contributed by atoms with Gasteiger partial charge in [0.15, 0.2) is 5.60 Å². The van der Waals surface area contributed by atoms with Crippen molar-refractivity contribution >= 4 is 37.7 Å². The SMILES string of the molecule is CCCCOC(=O)CC(O)(CC(=O)OCCCC)C(=O)OCCCC.[Ga+3]. The Morgan fingerprint density at radius 3 is 1.42 bits per heavy atom. The zero-order valence-corrected chi connectivity index (χ0v) is 18.7. The van der Waals surface area contributed by atoms with Crippen LogP contribution in [-0.4, -0.2) is 68.2 Å². The van der Waals surface area contributed by atoms with E-state index in [0.717, 1.165) is 19.3 Å². The third kappa shape index (κ3) is 12.4. The van der Waals surface area contributed by atoms with Crippen molar-refractivity contribution in [3.8, 4) is 0 Å². The van der Waals surface area contributed by atoms with E-state index in [1.165, 1.54) is 0 Å². The topological polar surface area (TPSA) is 99.1 Å². The first-order valence-electron chi connectivity index (χ1n) is 9.10. The second-order valence-electron chi connectivity index (χ2n) is 6.02. The van der Waals surface area contributed by atoms with Gasteiger partial charge in [0.05, 0.1) is 32.7 Å². The Balaban J connectivity index is 0. The molecule has 146 valence electrons. The Hall–Kier alpha value is -0.994. The Kier molecular flexibility index (Phi) is 17.0. The molecule has 7 nitrogen and oxygen atoms in total. The maximum Gasteiger partial charge on any atom is 3.00 e. The fraction of sp³-hybridized carbons (Fsp3) is 0.833. The van der Waals surface area contributed by atoms with E-state index in [4.69, 9.17) is 14.2 Å². The number of carbonyl (C=O) groups is 3. The largest absolute Gasteiger partial charge is 3.00 e. The van der Waals surface area contributed by atoms with E-state index in [2.05, 4.69) is 0 Å². The number of rotatable bonds is 14. The van der Waals surface area contributed by atoms with E-state index in [0.29, 0.717) is 19.3 Å². The van der Waals surface area contributed by atoms with Crippen molar-refractivity contribution < 1.29 is 33.7 Å². The van der Waals surface area contributed by atoms with Gasteiger partial charge in [0.1, 0.15) is 0 Å². The first kappa shape index (κ1) is 27.2. The molecule has 0 aromatic rings. The maximum absolute atomic E-state index is 12.2. The normalized spacial score (nSPS) is 10.6. The van der Waals surface area contributed by atoms with Crippen LogP contribution in [0.15, 0.2) is 0 Å². The second kappa shape index (κ2) is 16.2. The van der Waals surface area contributed by atoms with E-state index in [1.807, 2.05) is 20.8 Å². The van der Waals surface area contributed by atoms with Crippen molar-refractivity contribution in [2.75, 3.05) is 19.8 Å². The average molecular weight is 430 g/mol. The molecule has 0 unspecified atom stereocenters. The molecule has 0 aliphatic heterocycles. The number of hydrogen-bond acceptors (Lipinski definition) is 7. The van der Waals surface area contributed by atoms with Gasteiger partial charge in [0.25, 0.3) is 0 Å². The van der Waals surface area contributed by atoms with E-state index in [9.17, 15) is 19.5 Å². The molecule has 0 bridgehead atoms. The van der Waals surface area contributed by atoms with Crippen LogP contribution in [0, 0.1) is 0 Å². The summed E-state index contributed by atoms with van der Waals surface area (Å²) in [5.41, 5.74) is -2.26. The number of unbranched alkanes of at least 4 members (excludes halogenated alkanes) is 3. The Labute approximate surface area is 169 Å². The molecule has 26 heavy (non-hydrogen) atoms. The summed E-state index contributed by atoms with van der Waals surface area (Å²) >= 11 is 0. The van der Waals surface area contributed by atoms with Crippen LogP contribution in [-0.2, 0) is 28.6 Å². The summed E-state index contributed by atoms with van der Waals surface area (Å²) in [5.74, 6) is -2.49. The number of carbonyl (C=O) groups excluding carboxylic acids is 3. The smallest absolute Gasteiger partial charge is 0.466 e. The van der Waals surface area contributed by atoms with Crippen molar-refractivity contribution in [1.29, 1.82) is 0 Å². The molecule has 0 atom stereocenters. The fourth-order valence-electron chi connectivity index (χ4n) is 1.89. The van der Waals surface area contributed by atoms with Gasteiger partial charge in [-0.25, -0.2) is 4.79 Å². The summed E-state index contributed by atoms with van der Waals surface area (Å²) < 4.78 is 14.9. The van der Waals surface area contributed by atoms with Gasteiger partial charge in [-0.3, -0.25) is 9.59 Å². The van der Waals surface area contributed by atoms with Gasteiger partial charge in [-0.15, -0.1) is 0 Å². The maximum atomic E-state index is 12.2. The van der Waals surface area contributed by atoms with Crippen LogP contribution in [0.1, 0.15) is 72.1 Å². The predicted molar refractivity (Wildman–Crippen MR) is 97.5 cm³/mol. The van der Waals surface area contributed by atoms with Crippen molar-refractivity contribution in [3.05, 3.63) is 0 Å². The summed E-state index contributed by atoms with van der Waals surface area (Å²) in [6.07, 6.45) is 3.23. The molecule has 1 N–H and O–H groups in total. The number of aliphatic hydroxyl groups is 1. The van der Waals surface area contributed by atoms with Crippen LogP contribution >= 0.6 is 0 Å². The molecular formula is C18H32GaO7+3. The van der Waals surface area contributed by atoms with Crippen LogP contribution in [0.5, 0.6) is 0 Å². The van der Waals surface area contributed by atoms with Gasteiger partial charge < -0.3 is 19.3 Å². The molecule has 0 aromatic carbocycles. The van der Waals surface area contributed by atoms with Crippen molar-refractivity contribution in [1.82, 2.24) is 0 Å². The van der Waals surface area contributed by atoms with Gasteiger partial charge in [-0.1, -0.05) is 40.0 Å². The summed E-state index contributed by atoms with van der Waals surface area (Å²) in [6.45, 7) is 6.35. The molecule has 0 fully saturated rings. The minimum absolute atomic E-state index is 0. The second-order valence-corrected chi connectivity index (χ2v) is 6.02. The zero-order valence-electron chi connectivity index (χ0n) is 16.3. The summed E-state index contributed by atoms with van der Waals surface area (Å²) in [5, 5.41) is 10.6. The molecule has 0 radical (unpaired) electrons. The Morgan fingerprint density at radius 2 is 1.08 bits per heavy atom. The van der Waals surface area contributed by atoms with Gasteiger partial charge in [-0.05, 0) is 19.3 Å². The van der Waals surface area contributed by atoms with Crippen LogP contribution in [0.2, 0.25) is 0 Å². The minimum atomic E-state index is -2.26. The van der Waals surface area contributed by atoms with Crippen molar-refractivity contribution in [2.24, 2.45) is 0 Å². The standard InChI is InChI=1S/C18H32O7.Ga/c1-4-7-10-23-15(19)13-18(22,17(21)25-12-9-6-3)14-16(20)24-11-8-5-2;/h22H,4-14H2,1-3H3;/q;+3. The molecule has 0 saturated carbocycles. The summed E-state index contributed by atoms with van der Waals surface area (Å²) in [4.78, 5) is 35.9. The third-order valence-electron chi connectivity index (χ3n) is 3.51. The van der Waals surface area contributed by atoms with Gasteiger partial charge in [0.2, 0.25) is 0 Å². The number of ether oxygens (including phenoxy) is 3. The molecule has 0 rings (SSSR count). The van der Waals surface area contributed by atoms with Gasteiger partial charge >= 0.3 is 37.7 Å². The molecule has 0 aliphatic carbocycles. The molecular weight excluding hydrogens is 398 g/mol. The van der Waals surface area contributed by atoms with Crippen molar-refractivity contribution in [2.45, 2.75) is 77.7 Å². The first-order valence-corrected chi connectivity index (χ1v) is 9.10.